The molecule has 0 atom stereocenters. The lowest BCUT2D eigenvalue weighted by Gasteiger charge is -2.38. The number of aromatic nitrogens is 3. The van der Waals surface area contributed by atoms with Crippen molar-refractivity contribution in [3.8, 4) is 11.3 Å². The molecule has 3 N–H and O–H groups in total. The van der Waals surface area contributed by atoms with E-state index in [1.165, 1.54) is 18.3 Å². The molecular formula is C28H30FN7O3. The molecule has 0 spiro atoms. The number of hydrogen-bond acceptors (Lipinski definition) is 9. The standard InChI is InChI=1S/C28H30FN7O3/c1-4-24(37)31-19-7-5-6-18(14-19)25-26-23(39-34-25)16-30-27(33-26)32-22-9-8-20(15-21(22)29)36-12-10-35(11-13-36)17-28(2,3)38/h4-9,14-16,38H,1,10-13,17H2,2-3H3,(H,31,37)(H,30,32,33). The first kappa shape index (κ1) is 26.3. The minimum absolute atomic E-state index is 0.190. The lowest BCUT2D eigenvalue weighted by atomic mass is 10.1. The van der Waals surface area contributed by atoms with E-state index >= 15 is 4.39 Å². The van der Waals surface area contributed by atoms with Crippen molar-refractivity contribution in [1.82, 2.24) is 20.0 Å². The number of halogens is 1. The molecule has 1 fully saturated rings. The molecule has 0 aliphatic carbocycles. The third kappa shape index (κ3) is 6.21. The molecule has 0 bridgehead atoms. The van der Waals surface area contributed by atoms with E-state index in [0.717, 1.165) is 31.9 Å². The van der Waals surface area contributed by atoms with Crippen LogP contribution in [0.5, 0.6) is 0 Å². The Morgan fingerprint density at radius 3 is 2.72 bits per heavy atom. The van der Waals surface area contributed by atoms with E-state index in [-0.39, 0.29) is 17.5 Å². The smallest absolute Gasteiger partial charge is 0.247 e. The van der Waals surface area contributed by atoms with E-state index in [1.807, 2.05) is 12.1 Å². The molecule has 3 heterocycles. The number of benzene rings is 2. The molecule has 2 aromatic carbocycles. The zero-order chi connectivity index (χ0) is 27.6. The molecule has 1 amide bonds. The minimum Gasteiger partial charge on any atom is -0.389 e. The van der Waals surface area contributed by atoms with Gasteiger partial charge >= 0.3 is 0 Å². The van der Waals surface area contributed by atoms with Crippen molar-refractivity contribution in [3.63, 3.8) is 0 Å². The Bertz CT molecular complexity index is 1510. The number of nitrogens with zero attached hydrogens (tertiary/aromatic N) is 5. The summed E-state index contributed by atoms with van der Waals surface area (Å²) in [5.41, 5.74) is 2.82. The summed E-state index contributed by atoms with van der Waals surface area (Å²) in [4.78, 5) is 24.8. The van der Waals surface area contributed by atoms with Crippen LogP contribution >= 0.6 is 0 Å². The highest BCUT2D eigenvalue weighted by atomic mass is 19.1. The number of β-amino-alcohol motifs (C(OH)–C–C–N with tert-alkyl or cyclic N) is 1. The molecule has 2 aromatic heterocycles. The van der Waals surface area contributed by atoms with Crippen molar-refractivity contribution in [1.29, 1.82) is 0 Å². The number of carbonyl (C=O) groups is 1. The maximum Gasteiger partial charge on any atom is 0.247 e. The van der Waals surface area contributed by atoms with Gasteiger partial charge in [-0.1, -0.05) is 23.9 Å². The first-order chi connectivity index (χ1) is 18.7. The molecule has 5 rings (SSSR count). The number of anilines is 4. The van der Waals surface area contributed by atoms with Crippen LogP contribution in [0.1, 0.15) is 13.8 Å². The van der Waals surface area contributed by atoms with Crippen molar-refractivity contribution in [2.75, 3.05) is 48.3 Å². The molecular weight excluding hydrogens is 501 g/mol. The molecule has 0 radical (unpaired) electrons. The van der Waals surface area contributed by atoms with Gasteiger partial charge in [-0.25, -0.2) is 14.4 Å². The zero-order valence-electron chi connectivity index (χ0n) is 21.8. The third-order valence-electron chi connectivity index (χ3n) is 6.35. The topological polar surface area (TPSA) is 120 Å². The maximum atomic E-state index is 15.1. The van der Waals surface area contributed by atoms with Gasteiger partial charge in [-0.05, 0) is 50.3 Å². The summed E-state index contributed by atoms with van der Waals surface area (Å²) in [5, 5.41) is 19.9. The molecule has 0 unspecified atom stereocenters. The lowest BCUT2D eigenvalue weighted by molar-refractivity contribution is -0.111. The van der Waals surface area contributed by atoms with Gasteiger partial charge < -0.3 is 25.2 Å². The summed E-state index contributed by atoms with van der Waals surface area (Å²) in [6.07, 6.45) is 2.67. The monoisotopic (exact) mass is 531 g/mol. The van der Waals surface area contributed by atoms with Crippen molar-refractivity contribution in [2.45, 2.75) is 19.4 Å². The summed E-state index contributed by atoms with van der Waals surface area (Å²) in [5.74, 6) is -0.562. The predicted molar refractivity (Wildman–Crippen MR) is 148 cm³/mol. The Morgan fingerprint density at radius 2 is 2.00 bits per heavy atom. The molecule has 0 saturated carbocycles. The van der Waals surface area contributed by atoms with Crippen molar-refractivity contribution in [3.05, 3.63) is 67.1 Å². The fraction of sp³-hybridized carbons (Fsp3) is 0.286. The van der Waals surface area contributed by atoms with Gasteiger partial charge in [0.15, 0.2) is 0 Å². The van der Waals surface area contributed by atoms with Crippen LogP contribution in [0, 0.1) is 5.82 Å². The van der Waals surface area contributed by atoms with Gasteiger partial charge in [0.25, 0.3) is 0 Å². The molecule has 10 nitrogen and oxygen atoms in total. The van der Waals surface area contributed by atoms with Crippen molar-refractivity contribution in [2.24, 2.45) is 0 Å². The minimum atomic E-state index is -0.743. The van der Waals surface area contributed by atoms with Crippen LogP contribution in [0.2, 0.25) is 0 Å². The van der Waals surface area contributed by atoms with E-state index in [0.29, 0.717) is 34.6 Å². The first-order valence-corrected chi connectivity index (χ1v) is 12.6. The van der Waals surface area contributed by atoms with Crippen LogP contribution in [0.4, 0.5) is 27.4 Å². The lowest BCUT2D eigenvalue weighted by Crippen LogP contribution is -2.50. The number of aliphatic hydroxyl groups is 1. The van der Waals surface area contributed by atoms with E-state index in [1.54, 1.807) is 38.1 Å². The zero-order valence-corrected chi connectivity index (χ0v) is 21.8. The molecule has 11 heteroatoms. The second-order valence-corrected chi connectivity index (χ2v) is 10.1. The van der Waals surface area contributed by atoms with Gasteiger partial charge in [-0.3, -0.25) is 9.69 Å². The summed E-state index contributed by atoms with van der Waals surface area (Å²) in [6.45, 7) is 10.8. The Labute approximate surface area is 225 Å². The molecule has 4 aromatic rings. The predicted octanol–water partition coefficient (Wildman–Crippen LogP) is 4.18. The first-order valence-electron chi connectivity index (χ1n) is 12.6. The van der Waals surface area contributed by atoms with Crippen molar-refractivity contribution < 1.29 is 18.8 Å². The number of carbonyl (C=O) groups excluding carboxylic acids is 1. The maximum absolute atomic E-state index is 15.1. The highest BCUT2D eigenvalue weighted by Gasteiger charge is 2.23. The van der Waals surface area contributed by atoms with E-state index in [9.17, 15) is 9.90 Å². The number of rotatable bonds is 8. The Kier molecular flexibility index (Phi) is 7.27. The third-order valence-corrected chi connectivity index (χ3v) is 6.35. The second-order valence-electron chi connectivity index (χ2n) is 10.1. The molecule has 1 aliphatic rings. The van der Waals surface area contributed by atoms with Gasteiger partial charge in [-0.15, -0.1) is 0 Å². The normalized spacial score (nSPS) is 14.4. The summed E-state index contributed by atoms with van der Waals surface area (Å²) in [7, 11) is 0. The summed E-state index contributed by atoms with van der Waals surface area (Å²) >= 11 is 0. The van der Waals surface area contributed by atoms with Gasteiger partial charge in [0, 0.05) is 49.7 Å². The Hall–Kier alpha value is -4.35. The molecule has 39 heavy (non-hydrogen) atoms. The SMILES string of the molecule is C=CC(=O)Nc1cccc(-c2noc3cnc(Nc4ccc(N5CCN(CC(C)(C)O)CC5)cc4F)nc23)c1. The number of hydrogen-bond donors (Lipinski definition) is 3. The quantitative estimate of drug-likeness (QED) is 0.288. The average molecular weight is 532 g/mol. The highest BCUT2D eigenvalue weighted by Crippen LogP contribution is 2.30. The van der Waals surface area contributed by atoms with Crippen LogP contribution < -0.4 is 15.5 Å². The van der Waals surface area contributed by atoms with Gasteiger partial charge in [0.05, 0.1) is 17.5 Å². The van der Waals surface area contributed by atoms with Crippen molar-refractivity contribution >= 4 is 40.0 Å². The second kappa shape index (κ2) is 10.8. The molecule has 202 valence electrons. The van der Waals surface area contributed by atoms with Gasteiger partial charge in [-0.2, -0.15) is 0 Å². The van der Waals surface area contributed by atoms with Crippen LogP contribution in [0.15, 0.2) is 65.8 Å². The van der Waals surface area contributed by atoms with E-state index < -0.39 is 11.4 Å². The van der Waals surface area contributed by atoms with Crippen LogP contribution in [0.25, 0.3) is 22.4 Å². The molecule has 1 saturated heterocycles. The Balaban J connectivity index is 1.31. The van der Waals surface area contributed by atoms with Gasteiger partial charge in [0.2, 0.25) is 17.4 Å². The van der Waals surface area contributed by atoms with E-state index in [4.69, 9.17) is 4.52 Å². The van der Waals surface area contributed by atoms with Crippen LogP contribution in [-0.2, 0) is 4.79 Å². The fourth-order valence-electron chi connectivity index (χ4n) is 4.57. The van der Waals surface area contributed by atoms with Crippen LogP contribution in [-0.4, -0.2) is 69.4 Å². The fourth-order valence-corrected chi connectivity index (χ4v) is 4.57. The number of nitrogens with one attached hydrogen (secondary N) is 2. The number of piperazine rings is 1. The number of amides is 1. The van der Waals surface area contributed by atoms with Gasteiger partial charge in [0.1, 0.15) is 17.0 Å². The van der Waals surface area contributed by atoms with E-state index in [2.05, 4.69) is 42.1 Å². The Morgan fingerprint density at radius 1 is 1.21 bits per heavy atom. The largest absolute Gasteiger partial charge is 0.389 e. The molecule has 1 aliphatic heterocycles. The highest BCUT2D eigenvalue weighted by molar-refractivity contribution is 5.99. The van der Waals surface area contributed by atoms with Crippen LogP contribution in [0.3, 0.4) is 0 Å². The summed E-state index contributed by atoms with van der Waals surface area (Å²) in [6, 6.07) is 12.1. The average Bonchev–Trinajstić information content (AvgIpc) is 3.33. The summed E-state index contributed by atoms with van der Waals surface area (Å²) < 4.78 is 20.5. The number of fused-ring (bicyclic) bond motifs is 1.